The molecule has 2 aromatic rings. The van der Waals surface area contributed by atoms with Crippen LogP contribution in [0.4, 0.5) is 5.69 Å². The molecule has 3 rings (SSSR count). The summed E-state index contributed by atoms with van der Waals surface area (Å²) in [6.07, 6.45) is 6.79. The van der Waals surface area contributed by atoms with E-state index in [9.17, 15) is 8.42 Å². The lowest BCUT2D eigenvalue weighted by Crippen LogP contribution is -2.42. The van der Waals surface area contributed by atoms with Gasteiger partial charge in [0.05, 0.1) is 10.9 Å². The molecule has 5 N–H and O–H groups in total. The summed E-state index contributed by atoms with van der Waals surface area (Å²) in [5.74, 6) is 0.740. The molecule has 1 fully saturated rings. The lowest BCUT2D eigenvalue weighted by atomic mass is 9.91. The van der Waals surface area contributed by atoms with Crippen LogP contribution in [0.5, 0.6) is 0 Å². The summed E-state index contributed by atoms with van der Waals surface area (Å²) in [7, 11) is -3.73. The summed E-state index contributed by atoms with van der Waals surface area (Å²) >= 11 is 0. The summed E-state index contributed by atoms with van der Waals surface area (Å²) in [4.78, 5) is 11.7. The zero-order valence-electron chi connectivity index (χ0n) is 17.9. The molecule has 1 aliphatic carbocycles. The summed E-state index contributed by atoms with van der Waals surface area (Å²) in [5, 5.41) is 8.59. The van der Waals surface area contributed by atoms with E-state index in [4.69, 9.17) is 15.9 Å². The number of aromatic nitrogens is 1. The first-order valence-corrected chi connectivity index (χ1v) is 12.3. The molecule has 168 valence electrons. The zero-order valence-corrected chi connectivity index (χ0v) is 18.8. The highest BCUT2D eigenvalue weighted by Gasteiger charge is 2.23. The number of rotatable bonds is 7. The minimum atomic E-state index is -3.73. The number of likely N-dealkylation sites (N-methyl/N-ethyl adjacent to an activating group) is 1. The maximum atomic E-state index is 11.5. The number of nitrogens with zero attached hydrogens (tertiary/aromatic N) is 3. The van der Waals surface area contributed by atoms with E-state index in [1.54, 1.807) is 18.3 Å². The largest absolute Gasteiger partial charge is 0.343 e. The number of nitrogens with one attached hydrogen (secondary N) is 1. The number of guanidine groups is 1. The number of anilines is 1. The first-order valence-electron chi connectivity index (χ1n) is 10.7. The minimum absolute atomic E-state index is 0.0461. The molecule has 8 nitrogen and oxygen atoms in total. The summed E-state index contributed by atoms with van der Waals surface area (Å²) in [6, 6.07) is 12.4. The quantitative estimate of drug-likeness (QED) is 0.444. The van der Waals surface area contributed by atoms with E-state index in [-0.39, 0.29) is 17.0 Å². The monoisotopic (exact) mass is 444 g/mol. The highest BCUT2D eigenvalue weighted by molar-refractivity contribution is 7.89. The van der Waals surface area contributed by atoms with Crippen molar-refractivity contribution in [2.45, 2.75) is 56.0 Å². The smallest absolute Gasteiger partial charge is 0.238 e. The molecule has 1 heterocycles. The van der Waals surface area contributed by atoms with Gasteiger partial charge in [0.1, 0.15) is 0 Å². The molecular formula is C22H32N6O2S. The highest BCUT2D eigenvalue weighted by atomic mass is 32.2. The number of sulfonamides is 1. The predicted octanol–water partition coefficient (Wildman–Crippen LogP) is 2.33. The van der Waals surface area contributed by atoms with Gasteiger partial charge in [0.15, 0.2) is 5.96 Å². The van der Waals surface area contributed by atoms with Gasteiger partial charge in [0, 0.05) is 43.1 Å². The van der Waals surface area contributed by atoms with Crippen LogP contribution in [-0.4, -0.2) is 49.4 Å². The van der Waals surface area contributed by atoms with Crippen molar-refractivity contribution in [1.82, 2.24) is 9.88 Å². The third-order valence-corrected chi connectivity index (χ3v) is 6.48. The number of pyridine rings is 1. The van der Waals surface area contributed by atoms with E-state index in [0.717, 1.165) is 62.5 Å². The lowest BCUT2D eigenvalue weighted by molar-refractivity contribution is 0.375. The minimum Gasteiger partial charge on any atom is -0.343 e. The molecule has 0 radical (unpaired) electrons. The van der Waals surface area contributed by atoms with Crippen molar-refractivity contribution in [3.05, 3.63) is 54.4 Å². The van der Waals surface area contributed by atoms with Crippen LogP contribution in [0, 0.1) is 0 Å². The van der Waals surface area contributed by atoms with Crippen LogP contribution in [0.25, 0.3) is 0 Å². The van der Waals surface area contributed by atoms with Crippen molar-refractivity contribution in [3.8, 4) is 0 Å². The Bertz CT molecular complexity index is 963. The predicted molar refractivity (Wildman–Crippen MR) is 124 cm³/mol. The van der Waals surface area contributed by atoms with Gasteiger partial charge in [0.2, 0.25) is 10.0 Å². The number of hydrogen-bond donors (Lipinski definition) is 3. The van der Waals surface area contributed by atoms with Crippen LogP contribution in [0.1, 0.15) is 38.3 Å². The van der Waals surface area contributed by atoms with E-state index in [1.807, 2.05) is 18.2 Å². The third-order valence-electron chi connectivity index (χ3n) is 5.55. The summed E-state index contributed by atoms with van der Waals surface area (Å²) < 4.78 is 23.1. The number of benzene rings is 1. The number of nitrogens with two attached hydrogens (primary N) is 2. The Morgan fingerprint density at radius 3 is 2.55 bits per heavy atom. The molecule has 0 aliphatic heterocycles. The second-order valence-corrected chi connectivity index (χ2v) is 9.37. The topological polar surface area (TPSA) is 127 Å². The Hall–Kier alpha value is -2.49. The maximum Gasteiger partial charge on any atom is 0.238 e. The third kappa shape index (κ3) is 6.75. The molecule has 0 saturated heterocycles. The van der Waals surface area contributed by atoms with Crippen molar-refractivity contribution in [1.29, 1.82) is 0 Å². The van der Waals surface area contributed by atoms with Crippen molar-refractivity contribution >= 4 is 21.7 Å². The zero-order chi connectivity index (χ0) is 22.3. The van der Waals surface area contributed by atoms with E-state index >= 15 is 0 Å². The van der Waals surface area contributed by atoms with Crippen molar-refractivity contribution in [3.63, 3.8) is 0 Å². The van der Waals surface area contributed by atoms with Gasteiger partial charge in [0.25, 0.3) is 0 Å². The number of primary sulfonamides is 1. The van der Waals surface area contributed by atoms with Crippen LogP contribution in [0.15, 0.2) is 58.5 Å². The average molecular weight is 445 g/mol. The fourth-order valence-corrected chi connectivity index (χ4v) is 4.23. The standard InChI is InChI=1S/C22H32N6O2S/c1-2-28(16-14-17-7-5-6-15-25-17)22(27-21-9-4-3-8-20(21)23)26-18-10-12-19(13-11-18)31(24,29)30/h5-7,10-13,15,20-21H,2-4,8-9,14,16,23H2,1H3,(H,26,27)(H2,24,29,30)/t20-,21-/m0/s1. The second kappa shape index (κ2) is 10.7. The molecule has 1 aromatic carbocycles. The van der Waals surface area contributed by atoms with Crippen molar-refractivity contribution in [2.24, 2.45) is 15.9 Å². The van der Waals surface area contributed by atoms with Gasteiger partial charge in [-0.2, -0.15) is 0 Å². The Kier molecular flexibility index (Phi) is 8.00. The summed E-state index contributed by atoms with van der Waals surface area (Å²) in [5.41, 5.74) is 8.11. The number of hydrogen-bond acceptors (Lipinski definition) is 5. The van der Waals surface area contributed by atoms with Crippen LogP contribution in [-0.2, 0) is 16.4 Å². The summed E-state index contributed by atoms with van der Waals surface area (Å²) in [6.45, 7) is 3.59. The first-order chi connectivity index (χ1) is 14.9. The molecule has 0 spiro atoms. The molecular weight excluding hydrogens is 412 g/mol. The Labute approximate surface area is 184 Å². The highest BCUT2D eigenvalue weighted by Crippen LogP contribution is 2.21. The fraction of sp³-hybridized carbons (Fsp3) is 0.455. The van der Waals surface area contributed by atoms with E-state index in [2.05, 4.69) is 22.1 Å². The van der Waals surface area contributed by atoms with Gasteiger partial charge >= 0.3 is 0 Å². The van der Waals surface area contributed by atoms with Gasteiger partial charge < -0.3 is 16.0 Å². The van der Waals surface area contributed by atoms with Crippen LogP contribution >= 0.6 is 0 Å². The Morgan fingerprint density at radius 1 is 1.19 bits per heavy atom. The van der Waals surface area contributed by atoms with Crippen LogP contribution in [0.3, 0.4) is 0 Å². The average Bonchev–Trinajstić information content (AvgIpc) is 2.76. The molecule has 1 saturated carbocycles. The molecule has 2 atom stereocenters. The van der Waals surface area contributed by atoms with Gasteiger partial charge in [-0.3, -0.25) is 4.98 Å². The van der Waals surface area contributed by atoms with E-state index in [1.165, 1.54) is 12.1 Å². The second-order valence-electron chi connectivity index (χ2n) is 7.81. The Morgan fingerprint density at radius 2 is 1.94 bits per heavy atom. The Balaban J connectivity index is 1.82. The molecule has 9 heteroatoms. The van der Waals surface area contributed by atoms with Gasteiger partial charge in [-0.15, -0.1) is 0 Å². The number of aliphatic imine (C=N–C) groups is 1. The van der Waals surface area contributed by atoms with E-state index < -0.39 is 10.0 Å². The molecule has 1 aromatic heterocycles. The maximum absolute atomic E-state index is 11.5. The first kappa shape index (κ1) is 23.2. The van der Waals surface area contributed by atoms with Gasteiger partial charge in [-0.1, -0.05) is 18.9 Å². The van der Waals surface area contributed by atoms with Gasteiger partial charge in [-0.25, -0.2) is 18.5 Å². The van der Waals surface area contributed by atoms with E-state index in [0.29, 0.717) is 0 Å². The van der Waals surface area contributed by atoms with Crippen molar-refractivity contribution < 1.29 is 8.42 Å². The SMILES string of the molecule is CCN(CCc1ccccn1)C(=N[C@H]1CCCC[C@@H]1N)Nc1ccc(S(N)(=O)=O)cc1. The van der Waals surface area contributed by atoms with Crippen LogP contribution in [0.2, 0.25) is 0 Å². The normalized spacial score (nSPS) is 19.8. The molecule has 31 heavy (non-hydrogen) atoms. The van der Waals surface area contributed by atoms with Crippen LogP contribution < -0.4 is 16.2 Å². The molecule has 1 aliphatic rings. The fourth-order valence-electron chi connectivity index (χ4n) is 3.72. The molecule has 0 unspecified atom stereocenters. The molecule has 0 amide bonds. The van der Waals surface area contributed by atoms with Gasteiger partial charge in [-0.05, 0) is 56.2 Å². The van der Waals surface area contributed by atoms with Crippen molar-refractivity contribution in [2.75, 3.05) is 18.4 Å². The lowest BCUT2D eigenvalue weighted by Gasteiger charge is -2.30. The molecule has 0 bridgehead atoms.